The highest BCUT2D eigenvalue weighted by molar-refractivity contribution is 6.20. The van der Waals surface area contributed by atoms with Crippen LogP contribution >= 0.6 is 0 Å². The highest BCUT2D eigenvalue weighted by Crippen LogP contribution is 2.54. The molecular formula is C26H16O4. The number of furan rings is 1. The van der Waals surface area contributed by atoms with Crippen LogP contribution < -0.4 is 0 Å². The van der Waals surface area contributed by atoms with Crippen LogP contribution in [-0.4, -0.2) is 15.3 Å². The third-order valence-electron chi connectivity index (χ3n) is 5.77. The molecule has 0 bridgehead atoms. The number of fused-ring (bicyclic) bond motifs is 5. The minimum atomic E-state index is -0.402. The Labute approximate surface area is 170 Å². The Hall–Kier alpha value is -4.18. The van der Waals surface area contributed by atoms with Crippen molar-refractivity contribution in [3.05, 3.63) is 78.9 Å². The molecule has 0 spiro atoms. The summed E-state index contributed by atoms with van der Waals surface area (Å²) in [5, 5.41) is 37.9. The lowest BCUT2D eigenvalue weighted by Gasteiger charge is -2.16. The van der Waals surface area contributed by atoms with Crippen LogP contribution in [0.2, 0.25) is 0 Å². The van der Waals surface area contributed by atoms with Gasteiger partial charge in [0.15, 0.2) is 11.3 Å². The zero-order valence-electron chi connectivity index (χ0n) is 15.8. The summed E-state index contributed by atoms with van der Waals surface area (Å²) in [6, 6.07) is 24.9. The van der Waals surface area contributed by atoms with E-state index < -0.39 is 5.75 Å². The van der Waals surface area contributed by atoms with Gasteiger partial charge in [0.05, 0.1) is 10.9 Å². The molecule has 6 aromatic rings. The number of phenolic OH excluding ortho intramolecular Hbond substituents is 3. The first kappa shape index (κ1) is 16.7. The van der Waals surface area contributed by atoms with Crippen molar-refractivity contribution in [1.29, 1.82) is 0 Å². The normalized spacial score (nSPS) is 11.7. The van der Waals surface area contributed by atoms with Gasteiger partial charge in [-0.1, -0.05) is 66.7 Å². The largest absolute Gasteiger partial charge is 0.506 e. The highest BCUT2D eigenvalue weighted by atomic mass is 16.4. The Morgan fingerprint density at radius 3 is 1.77 bits per heavy atom. The number of aromatic hydroxyl groups is 3. The van der Waals surface area contributed by atoms with Gasteiger partial charge in [-0.2, -0.15) is 0 Å². The summed E-state index contributed by atoms with van der Waals surface area (Å²) in [5.41, 5.74) is 1.46. The van der Waals surface area contributed by atoms with Crippen molar-refractivity contribution in [2.24, 2.45) is 0 Å². The molecule has 4 nitrogen and oxygen atoms in total. The average molecular weight is 392 g/mol. The molecule has 0 fully saturated rings. The Kier molecular flexibility index (Phi) is 3.30. The molecule has 3 N–H and O–H groups in total. The molecule has 5 aromatic carbocycles. The van der Waals surface area contributed by atoms with Crippen molar-refractivity contribution in [1.82, 2.24) is 0 Å². The van der Waals surface area contributed by atoms with Crippen molar-refractivity contribution in [3.8, 4) is 28.4 Å². The van der Waals surface area contributed by atoms with E-state index in [0.29, 0.717) is 21.9 Å². The van der Waals surface area contributed by atoms with E-state index in [0.717, 1.165) is 21.5 Å². The molecule has 0 unspecified atom stereocenters. The van der Waals surface area contributed by atoms with Crippen LogP contribution in [0.4, 0.5) is 0 Å². The van der Waals surface area contributed by atoms with Crippen molar-refractivity contribution < 1.29 is 19.7 Å². The number of para-hydroxylation sites is 1. The quantitative estimate of drug-likeness (QED) is 0.166. The molecule has 0 atom stereocenters. The first-order chi connectivity index (χ1) is 14.6. The van der Waals surface area contributed by atoms with Crippen LogP contribution in [0.5, 0.6) is 17.2 Å². The summed E-state index contributed by atoms with van der Waals surface area (Å²) in [6.45, 7) is 0. The van der Waals surface area contributed by atoms with E-state index in [1.165, 1.54) is 0 Å². The Bertz CT molecular complexity index is 1570. The van der Waals surface area contributed by atoms with Crippen LogP contribution in [0.3, 0.4) is 0 Å². The fraction of sp³-hybridized carbons (Fsp3) is 0. The summed E-state index contributed by atoms with van der Waals surface area (Å²) < 4.78 is 5.74. The maximum Gasteiger partial charge on any atom is 0.202 e. The van der Waals surface area contributed by atoms with Crippen LogP contribution in [0.25, 0.3) is 54.6 Å². The molecule has 0 aliphatic rings. The maximum absolute atomic E-state index is 11.4. The first-order valence-corrected chi connectivity index (χ1v) is 9.64. The predicted octanol–water partition coefficient (Wildman–Crippen LogP) is 6.68. The summed E-state index contributed by atoms with van der Waals surface area (Å²) >= 11 is 0. The molecular weight excluding hydrogens is 376 g/mol. The van der Waals surface area contributed by atoms with Gasteiger partial charge >= 0.3 is 0 Å². The molecule has 1 aromatic heterocycles. The van der Waals surface area contributed by atoms with E-state index >= 15 is 0 Å². The Morgan fingerprint density at radius 1 is 0.533 bits per heavy atom. The third kappa shape index (κ3) is 2.10. The van der Waals surface area contributed by atoms with Crippen molar-refractivity contribution in [2.75, 3.05) is 0 Å². The fourth-order valence-electron chi connectivity index (χ4n) is 4.43. The molecule has 30 heavy (non-hydrogen) atoms. The van der Waals surface area contributed by atoms with E-state index in [2.05, 4.69) is 6.07 Å². The Morgan fingerprint density at radius 2 is 1.10 bits per heavy atom. The zero-order valence-corrected chi connectivity index (χ0v) is 15.8. The van der Waals surface area contributed by atoms with E-state index in [1.807, 2.05) is 66.7 Å². The van der Waals surface area contributed by atoms with Gasteiger partial charge < -0.3 is 19.7 Å². The summed E-state index contributed by atoms with van der Waals surface area (Å²) in [4.78, 5) is 0. The SMILES string of the molecule is Oc1c(-c2c3ccccc3cc3ccccc23)c(O)c2c(oc3ccccc32)c1O. The molecule has 0 saturated carbocycles. The van der Waals surface area contributed by atoms with Gasteiger partial charge in [-0.25, -0.2) is 0 Å². The van der Waals surface area contributed by atoms with Gasteiger partial charge in [0.25, 0.3) is 0 Å². The van der Waals surface area contributed by atoms with E-state index in [9.17, 15) is 15.3 Å². The van der Waals surface area contributed by atoms with E-state index in [1.54, 1.807) is 6.07 Å². The number of phenols is 3. The van der Waals surface area contributed by atoms with Gasteiger partial charge in [0, 0.05) is 10.9 Å². The minimum absolute atomic E-state index is 0.0690. The minimum Gasteiger partial charge on any atom is -0.506 e. The van der Waals surface area contributed by atoms with Crippen LogP contribution in [-0.2, 0) is 0 Å². The lowest BCUT2D eigenvalue weighted by molar-refractivity contribution is 0.398. The molecule has 144 valence electrons. The molecule has 0 aliphatic heterocycles. The molecule has 0 amide bonds. The van der Waals surface area contributed by atoms with Gasteiger partial charge in [-0.15, -0.1) is 0 Å². The first-order valence-electron chi connectivity index (χ1n) is 9.64. The number of rotatable bonds is 1. The molecule has 0 radical (unpaired) electrons. The van der Waals surface area contributed by atoms with Crippen molar-refractivity contribution >= 4 is 43.5 Å². The molecule has 4 heteroatoms. The second-order valence-electron chi connectivity index (χ2n) is 7.42. The molecule has 0 aliphatic carbocycles. The number of hydrogen-bond donors (Lipinski definition) is 3. The van der Waals surface area contributed by atoms with Crippen LogP contribution in [0, 0.1) is 0 Å². The van der Waals surface area contributed by atoms with Gasteiger partial charge in [0.1, 0.15) is 11.3 Å². The molecule has 0 saturated heterocycles. The van der Waals surface area contributed by atoms with Crippen LogP contribution in [0.15, 0.2) is 83.3 Å². The summed E-state index contributed by atoms with van der Waals surface area (Å²) in [7, 11) is 0. The average Bonchev–Trinajstić information content (AvgIpc) is 3.17. The number of benzene rings is 5. The smallest absolute Gasteiger partial charge is 0.202 e. The molecule has 1 heterocycles. The lowest BCUT2D eigenvalue weighted by atomic mass is 9.90. The maximum atomic E-state index is 11.4. The molecule has 6 rings (SSSR count). The van der Waals surface area contributed by atoms with E-state index in [-0.39, 0.29) is 22.6 Å². The van der Waals surface area contributed by atoms with Crippen LogP contribution in [0.1, 0.15) is 0 Å². The van der Waals surface area contributed by atoms with Gasteiger partial charge in [0.2, 0.25) is 5.75 Å². The van der Waals surface area contributed by atoms with E-state index in [4.69, 9.17) is 4.42 Å². The second kappa shape index (κ2) is 5.91. The third-order valence-corrected chi connectivity index (χ3v) is 5.77. The summed E-state index contributed by atoms with van der Waals surface area (Å²) in [6.07, 6.45) is 0. The monoisotopic (exact) mass is 392 g/mol. The van der Waals surface area contributed by atoms with Gasteiger partial charge in [-0.3, -0.25) is 0 Å². The highest BCUT2D eigenvalue weighted by Gasteiger charge is 2.26. The number of hydrogen-bond acceptors (Lipinski definition) is 4. The van der Waals surface area contributed by atoms with Gasteiger partial charge in [-0.05, 0) is 33.7 Å². The standard InChI is InChI=1S/C26H16O4/c27-23-21-18-11-5-6-12-19(18)30-26(21)25(29)24(28)22(23)20-16-9-3-1-7-14(16)13-15-8-2-4-10-17(15)20/h1-13,27-29H. The zero-order chi connectivity index (χ0) is 20.4. The Balaban J connectivity index is 1.88. The summed E-state index contributed by atoms with van der Waals surface area (Å²) in [5.74, 6) is -0.904. The van der Waals surface area contributed by atoms with Crippen molar-refractivity contribution in [3.63, 3.8) is 0 Å². The topological polar surface area (TPSA) is 73.8 Å². The second-order valence-corrected chi connectivity index (χ2v) is 7.42. The fourth-order valence-corrected chi connectivity index (χ4v) is 4.43. The lowest BCUT2D eigenvalue weighted by Crippen LogP contribution is -1.88. The predicted molar refractivity (Wildman–Crippen MR) is 119 cm³/mol. The van der Waals surface area contributed by atoms with Crippen molar-refractivity contribution in [2.45, 2.75) is 0 Å².